The number of H-pyrrole nitrogens is 1. The molecule has 6 nitrogen and oxygen atoms in total. The number of nitrogens with zero attached hydrogens (tertiary/aromatic N) is 3. The van der Waals surface area contributed by atoms with Gasteiger partial charge in [-0.1, -0.05) is 0 Å². The molecule has 0 aliphatic carbocycles. The Labute approximate surface area is 132 Å². The largest absolute Gasteiger partial charge is 0.350 e. The van der Waals surface area contributed by atoms with Gasteiger partial charge in [-0.25, -0.2) is 4.98 Å². The fourth-order valence-corrected chi connectivity index (χ4v) is 3.30. The van der Waals surface area contributed by atoms with E-state index in [1.807, 2.05) is 12.4 Å². The van der Waals surface area contributed by atoms with Gasteiger partial charge in [0.15, 0.2) is 4.96 Å². The molecule has 0 atom stereocenters. The van der Waals surface area contributed by atoms with Crippen molar-refractivity contribution in [1.29, 1.82) is 0 Å². The highest BCUT2D eigenvalue weighted by Crippen LogP contribution is 2.21. The number of rotatable bonds is 6. The molecule has 3 heterocycles. The van der Waals surface area contributed by atoms with Crippen molar-refractivity contribution in [3.63, 3.8) is 0 Å². The Morgan fingerprint density at radius 2 is 2.32 bits per heavy atom. The normalized spacial score (nSPS) is 11.2. The third kappa shape index (κ3) is 3.19. The summed E-state index contributed by atoms with van der Waals surface area (Å²) < 4.78 is 2.08. The number of imidazole rings is 1. The summed E-state index contributed by atoms with van der Waals surface area (Å²) in [4.78, 5) is 18.7. The van der Waals surface area contributed by atoms with Crippen LogP contribution in [0.2, 0.25) is 0 Å². The van der Waals surface area contributed by atoms with Crippen LogP contribution in [-0.2, 0) is 17.8 Å². The molecule has 3 aromatic heterocycles. The second-order valence-corrected chi connectivity index (χ2v) is 6.55. The van der Waals surface area contributed by atoms with E-state index in [0.717, 1.165) is 29.1 Å². The average molecular weight is 317 g/mol. The molecule has 7 heteroatoms. The summed E-state index contributed by atoms with van der Waals surface area (Å²) in [7, 11) is 0. The van der Waals surface area contributed by atoms with Crippen LogP contribution >= 0.6 is 11.3 Å². The van der Waals surface area contributed by atoms with Gasteiger partial charge in [0, 0.05) is 29.4 Å². The predicted molar refractivity (Wildman–Crippen MR) is 85.9 cm³/mol. The molecule has 0 unspecified atom stereocenters. The summed E-state index contributed by atoms with van der Waals surface area (Å²) in [6.07, 6.45) is 7.86. The first-order valence-corrected chi connectivity index (χ1v) is 8.13. The SMILES string of the molecule is Cc1sc2nc(CNC(=O)CCCc3cn[nH]c3)cn2c1C. The van der Waals surface area contributed by atoms with Gasteiger partial charge in [-0.05, 0) is 32.3 Å². The number of amides is 1. The van der Waals surface area contributed by atoms with Gasteiger partial charge in [-0.2, -0.15) is 5.10 Å². The van der Waals surface area contributed by atoms with Crippen molar-refractivity contribution >= 4 is 22.2 Å². The quantitative estimate of drug-likeness (QED) is 0.733. The Bertz CT molecular complexity index is 771. The van der Waals surface area contributed by atoms with Crippen LogP contribution in [0.25, 0.3) is 4.96 Å². The molecule has 0 aliphatic heterocycles. The lowest BCUT2D eigenvalue weighted by Crippen LogP contribution is -2.22. The molecule has 1 amide bonds. The second kappa shape index (κ2) is 6.31. The maximum Gasteiger partial charge on any atom is 0.220 e. The number of fused-ring (bicyclic) bond motifs is 1. The molecule has 0 saturated carbocycles. The highest BCUT2D eigenvalue weighted by atomic mass is 32.1. The van der Waals surface area contributed by atoms with E-state index in [2.05, 4.69) is 38.7 Å². The number of carbonyl (C=O) groups is 1. The van der Waals surface area contributed by atoms with E-state index in [1.54, 1.807) is 17.5 Å². The molecule has 116 valence electrons. The number of aromatic amines is 1. The Morgan fingerprint density at radius 1 is 1.45 bits per heavy atom. The third-order valence-electron chi connectivity index (χ3n) is 3.73. The first-order valence-electron chi connectivity index (χ1n) is 7.32. The number of nitrogens with one attached hydrogen (secondary N) is 2. The summed E-state index contributed by atoms with van der Waals surface area (Å²) in [6, 6.07) is 0. The molecule has 3 rings (SSSR count). The van der Waals surface area contributed by atoms with Crippen molar-refractivity contribution in [2.75, 3.05) is 0 Å². The minimum Gasteiger partial charge on any atom is -0.350 e. The Balaban J connectivity index is 1.47. The van der Waals surface area contributed by atoms with E-state index in [1.165, 1.54) is 10.6 Å². The molecule has 22 heavy (non-hydrogen) atoms. The molecule has 0 radical (unpaired) electrons. The zero-order chi connectivity index (χ0) is 15.5. The van der Waals surface area contributed by atoms with Crippen LogP contribution < -0.4 is 5.32 Å². The topological polar surface area (TPSA) is 75.1 Å². The van der Waals surface area contributed by atoms with Crippen LogP contribution in [0.4, 0.5) is 0 Å². The van der Waals surface area contributed by atoms with Gasteiger partial charge in [0.1, 0.15) is 0 Å². The molecular weight excluding hydrogens is 298 g/mol. The van der Waals surface area contributed by atoms with Crippen molar-refractivity contribution in [3.05, 3.63) is 40.4 Å². The van der Waals surface area contributed by atoms with Crippen LogP contribution in [-0.4, -0.2) is 25.5 Å². The summed E-state index contributed by atoms with van der Waals surface area (Å²) in [5.41, 5.74) is 3.25. The van der Waals surface area contributed by atoms with Crippen LogP contribution in [0.5, 0.6) is 0 Å². The highest BCUT2D eigenvalue weighted by molar-refractivity contribution is 7.17. The molecule has 0 fully saturated rings. The van der Waals surface area contributed by atoms with Crippen LogP contribution in [0.15, 0.2) is 18.6 Å². The maximum absolute atomic E-state index is 11.9. The van der Waals surface area contributed by atoms with Crippen molar-refractivity contribution in [1.82, 2.24) is 24.9 Å². The molecule has 0 aliphatic rings. The van der Waals surface area contributed by atoms with Crippen LogP contribution in [0.1, 0.15) is 34.7 Å². The lowest BCUT2D eigenvalue weighted by atomic mass is 10.1. The number of aromatic nitrogens is 4. The first kappa shape index (κ1) is 14.8. The molecule has 2 N–H and O–H groups in total. The van der Waals surface area contributed by atoms with E-state index in [9.17, 15) is 4.79 Å². The number of thiazole rings is 1. The van der Waals surface area contributed by atoms with E-state index in [4.69, 9.17) is 0 Å². The van der Waals surface area contributed by atoms with Gasteiger partial charge in [0.2, 0.25) is 5.91 Å². The van der Waals surface area contributed by atoms with E-state index in [-0.39, 0.29) is 5.91 Å². The van der Waals surface area contributed by atoms with Crippen molar-refractivity contribution in [3.8, 4) is 0 Å². The van der Waals surface area contributed by atoms with E-state index >= 15 is 0 Å². The number of carbonyl (C=O) groups excluding carboxylic acids is 1. The lowest BCUT2D eigenvalue weighted by molar-refractivity contribution is -0.121. The third-order valence-corrected chi connectivity index (χ3v) is 4.80. The van der Waals surface area contributed by atoms with Crippen LogP contribution in [0, 0.1) is 13.8 Å². The molecule has 0 spiro atoms. The number of hydrogen-bond acceptors (Lipinski definition) is 4. The predicted octanol–water partition coefficient (Wildman–Crippen LogP) is 2.37. The molecule has 0 saturated heterocycles. The van der Waals surface area contributed by atoms with Crippen molar-refractivity contribution in [2.45, 2.75) is 39.7 Å². The van der Waals surface area contributed by atoms with E-state index < -0.39 is 0 Å². The van der Waals surface area contributed by atoms with Gasteiger partial charge in [0.05, 0.1) is 18.4 Å². The minimum atomic E-state index is 0.0627. The fraction of sp³-hybridized carbons (Fsp3) is 0.400. The Morgan fingerprint density at radius 3 is 3.05 bits per heavy atom. The fourth-order valence-electron chi connectivity index (χ4n) is 2.33. The molecule has 3 aromatic rings. The summed E-state index contributed by atoms with van der Waals surface area (Å²) in [5.74, 6) is 0.0627. The zero-order valence-electron chi connectivity index (χ0n) is 12.7. The first-order chi connectivity index (χ1) is 10.6. The molecule has 0 bridgehead atoms. The smallest absolute Gasteiger partial charge is 0.220 e. The monoisotopic (exact) mass is 317 g/mol. The van der Waals surface area contributed by atoms with Gasteiger partial charge in [-0.15, -0.1) is 11.3 Å². The molecular formula is C15H19N5OS. The number of hydrogen-bond donors (Lipinski definition) is 2. The lowest BCUT2D eigenvalue weighted by Gasteiger charge is -2.02. The maximum atomic E-state index is 11.9. The van der Waals surface area contributed by atoms with Crippen molar-refractivity contribution in [2.24, 2.45) is 0 Å². The summed E-state index contributed by atoms with van der Waals surface area (Å²) in [6.45, 7) is 4.66. The molecule has 0 aromatic carbocycles. The Kier molecular flexibility index (Phi) is 4.24. The van der Waals surface area contributed by atoms with Gasteiger partial charge in [0.25, 0.3) is 0 Å². The average Bonchev–Trinajstić information content (AvgIpc) is 3.18. The van der Waals surface area contributed by atoms with Crippen molar-refractivity contribution < 1.29 is 4.79 Å². The van der Waals surface area contributed by atoms with Gasteiger partial charge >= 0.3 is 0 Å². The summed E-state index contributed by atoms with van der Waals surface area (Å²) in [5, 5.41) is 9.59. The van der Waals surface area contributed by atoms with E-state index in [0.29, 0.717) is 13.0 Å². The number of aryl methyl sites for hydroxylation is 3. The summed E-state index contributed by atoms with van der Waals surface area (Å²) >= 11 is 1.68. The second-order valence-electron chi connectivity index (χ2n) is 5.37. The standard InChI is InChI=1S/C15H19N5OS/c1-10-11(2)22-15-19-13(9-20(10)15)8-16-14(21)5-3-4-12-6-17-18-7-12/h6-7,9H,3-5,8H2,1-2H3,(H,16,21)(H,17,18). The van der Waals surface area contributed by atoms with Crippen LogP contribution in [0.3, 0.4) is 0 Å². The minimum absolute atomic E-state index is 0.0627. The van der Waals surface area contributed by atoms with Gasteiger partial charge < -0.3 is 5.32 Å². The highest BCUT2D eigenvalue weighted by Gasteiger charge is 2.09. The zero-order valence-corrected chi connectivity index (χ0v) is 13.5. The Hall–Kier alpha value is -2.15. The van der Waals surface area contributed by atoms with Gasteiger partial charge in [-0.3, -0.25) is 14.3 Å².